The molecule has 0 saturated carbocycles. The number of rotatable bonds is 7. The number of nitrogens with two attached hydrogens (primary N) is 1. The first-order valence-electron chi connectivity index (χ1n) is 7.22. The first-order valence-corrected chi connectivity index (χ1v) is 8.77. The summed E-state index contributed by atoms with van der Waals surface area (Å²) in [6.07, 6.45) is 0.634. The maximum atomic E-state index is 12.8. The van der Waals surface area contributed by atoms with Gasteiger partial charge in [0.25, 0.3) is 0 Å². The summed E-state index contributed by atoms with van der Waals surface area (Å²) in [7, 11) is -3.68. The molecular weight excluding hydrogens is 333 g/mol. The Kier molecular flexibility index (Phi) is 6.02. The summed E-state index contributed by atoms with van der Waals surface area (Å²) in [4.78, 5) is 11.8. The fourth-order valence-corrected chi connectivity index (χ4v) is 2.53. The molecule has 0 aliphatic rings. The third-order valence-corrected chi connectivity index (χ3v) is 4.19. The van der Waals surface area contributed by atoms with E-state index in [0.717, 1.165) is 5.56 Å². The molecule has 2 aromatic carbocycles. The SMILES string of the molecule is NS(=O)(=O)c1ccc(CCNCC(=O)Nc2ccc(F)cc2)cc1. The van der Waals surface area contributed by atoms with E-state index in [9.17, 15) is 17.6 Å². The molecule has 0 heterocycles. The predicted molar refractivity (Wildman–Crippen MR) is 89.4 cm³/mol. The maximum Gasteiger partial charge on any atom is 0.238 e. The lowest BCUT2D eigenvalue weighted by atomic mass is 10.1. The molecule has 0 bridgehead atoms. The highest BCUT2D eigenvalue weighted by Crippen LogP contribution is 2.09. The van der Waals surface area contributed by atoms with Crippen LogP contribution in [0.1, 0.15) is 5.56 Å². The van der Waals surface area contributed by atoms with Gasteiger partial charge in [-0.1, -0.05) is 12.1 Å². The number of carbonyl (C=O) groups is 1. The zero-order chi connectivity index (χ0) is 17.6. The van der Waals surface area contributed by atoms with Gasteiger partial charge in [-0.2, -0.15) is 0 Å². The van der Waals surface area contributed by atoms with E-state index < -0.39 is 10.0 Å². The van der Waals surface area contributed by atoms with Crippen LogP contribution in [0.25, 0.3) is 0 Å². The fourth-order valence-electron chi connectivity index (χ4n) is 2.02. The highest BCUT2D eigenvalue weighted by molar-refractivity contribution is 7.89. The number of hydrogen-bond acceptors (Lipinski definition) is 4. The number of nitrogens with one attached hydrogen (secondary N) is 2. The van der Waals surface area contributed by atoms with E-state index >= 15 is 0 Å². The molecule has 2 aromatic rings. The Morgan fingerprint density at radius 1 is 1.04 bits per heavy atom. The van der Waals surface area contributed by atoms with Crippen LogP contribution < -0.4 is 15.8 Å². The van der Waals surface area contributed by atoms with Crippen molar-refractivity contribution in [1.29, 1.82) is 0 Å². The minimum absolute atomic E-state index is 0.0675. The van der Waals surface area contributed by atoms with E-state index in [-0.39, 0.29) is 23.2 Å². The summed E-state index contributed by atoms with van der Waals surface area (Å²) in [5.41, 5.74) is 1.45. The van der Waals surface area contributed by atoms with Crippen molar-refractivity contribution in [3.8, 4) is 0 Å². The molecule has 128 valence electrons. The summed E-state index contributed by atoms with van der Waals surface area (Å²) < 4.78 is 35.1. The molecule has 0 radical (unpaired) electrons. The van der Waals surface area contributed by atoms with E-state index in [4.69, 9.17) is 5.14 Å². The van der Waals surface area contributed by atoms with Crippen molar-refractivity contribution < 1.29 is 17.6 Å². The molecule has 1 amide bonds. The van der Waals surface area contributed by atoms with Crippen LogP contribution in [0.15, 0.2) is 53.4 Å². The average molecular weight is 351 g/mol. The second-order valence-electron chi connectivity index (χ2n) is 5.17. The van der Waals surface area contributed by atoms with Crippen molar-refractivity contribution in [2.75, 3.05) is 18.4 Å². The molecule has 8 heteroatoms. The van der Waals surface area contributed by atoms with Gasteiger partial charge in [0.05, 0.1) is 11.4 Å². The summed E-state index contributed by atoms with van der Waals surface area (Å²) in [5.74, 6) is -0.592. The third kappa shape index (κ3) is 5.73. The lowest BCUT2D eigenvalue weighted by molar-refractivity contribution is -0.115. The Balaban J connectivity index is 1.72. The summed E-state index contributed by atoms with van der Waals surface area (Å²) >= 11 is 0. The van der Waals surface area contributed by atoms with Gasteiger partial charge < -0.3 is 10.6 Å². The molecule has 0 aliphatic carbocycles. The number of primary sulfonamides is 1. The van der Waals surface area contributed by atoms with Gasteiger partial charge in [-0.25, -0.2) is 17.9 Å². The summed E-state index contributed by atoms with van der Waals surface area (Å²) in [6.45, 7) is 0.665. The van der Waals surface area contributed by atoms with Gasteiger partial charge in [0.15, 0.2) is 0 Å². The van der Waals surface area contributed by atoms with Gasteiger partial charge in [0.1, 0.15) is 5.82 Å². The van der Waals surface area contributed by atoms with E-state index in [2.05, 4.69) is 10.6 Å². The molecule has 4 N–H and O–H groups in total. The van der Waals surface area contributed by atoms with Gasteiger partial charge in [0, 0.05) is 5.69 Å². The highest BCUT2D eigenvalue weighted by Gasteiger charge is 2.07. The summed E-state index contributed by atoms with van der Waals surface area (Å²) in [5, 5.41) is 10.7. The number of amides is 1. The molecule has 0 aromatic heterocycles. The first-order chi connectivity index (χ1) is 11.3. The quantitative estimate of drug-likeness (QED) is 0.653. The standard InChI is InChI=1S/C16H18FN3O3S/c17-13-3-5-14(6-4-13)20-16(21)11-19-10-9-12-1-7-15(8-2-12)24(18,22)23/h1-8,19H,9-11H2,(H,20,21)(H2,18,22,23). The number of sulfonamides is 1. The first kappa shape index (κ1) is 18.1. The number of halogens is 1. The smallest absolute Gasteiger partial charge is 0.238 e. The number of anilines is 1. The van der Waals surface area contributed by atoms with Crippen molar-refractivity contribution in [3.05, 3.63) is 59.9 Å². The minimum atomic E-state index is -3.68. The van der Waals surface area contributed by atoms with Crippen molar-refractivity contribution in [1.82, 2.24) is 5.32 Å². The molecular formula is C16H18FN3O3S. The largest absolute Gasteiger partial charge is 0.325 e. The van der Waals surface area contributed by atoms with Crippen LogP contribution >= 0.6 is 0 Å². The Labute approximate surface area is 139 Å². The third-order valence-electron chi connectivity index (χ3n) is 3.26. The molecule has 2 rings (SSSR count). The summed E-state index contributed by atoms with van der Waals surface area (Å²) in [6, 6.07) is 11.8. The molecule has 0 saturated heterocycles. The van der Waals surface area contributed by atoms with E-state index in [1.807, 2.05) is 0 Å². The van der Waals surface area contributed by atoms with Crippen LogP contribution in [0.3, 0.4) is 0 Å². The van der Waals surface area contributed by atoms with E-state index in [1.54, 1.807) is 12.1 Å². The molecule has 0 aliphatic heterocycles. The van der Waals surface area contributed by atoms with Gasteiger partial charge in [-0.05, 0) is 54.9 Å². The van der Waals surface area contributed by atoms with Crippen molar-refractivity contribution >= 4 is 21.6 Å². The van der Waals surface area contributed by atoms with Crippen LogP contribution in [-0.2, 0) is 21.2 Å². The monoisotopic (exact) mass is 351 g/mol. The van der Waals surface area contributed by atoms with Crippen LogP contribution in [0, 0.1) is 5.82 Å². The molecule has 24 heavy (non-hydrogen) atoms. The zero-order valence-corrected chi connectivity index (χ0v) is 13.6. The van der Waals surface area contributed by atoms with Gasteiger partial charge in [0.2, 0.25) is 15.9 Å². The topological polar surface area (TPSA) is 101 Å². The lowest BCUT2D eigenvalue weighted by Gasteiger charge is -2.07. The van der Waals surface area contributed by atoms with Crippen molar-refractivity contribution in [2.24, 2.45) is 5.14 Å². The Morgan fingerprint density at radius 2 is 1.67 bits per heavy atom. The van der Waals surface area contributed by atoms with Crippen LogP contribution in [0.2, 0.25) is 0 Å². The average Bonchev–Trinajstić information content (AvgIpc) is 2.53. The van der Waals surface area contributed by atoms with E-state index in [1.165, 1.54) is 36.4 Å². The Morgan fingerprint density at radius 3 is 2.25 bits per heavy atom. The van der Waals surface area contributed by atoms with Gasteiger partial charge >= 0.3 is 0 Å². The normalized spacial score (nSPS) is 11.2. The fraction of sp³-hybridized carbons (Fsp3) is 0.188. The second-order valence-corrected chi connectivity index (χ2v) is 6.73. The highest BCUT2D eigenvalue weighted by atomic mass is 32.2. The van der Waals surface area contributed by atoms with E-state index in [0.29, 0.717) is 18.7 Å². The minimum Gasteiger partial charge on any atom is -0.325 e. The number of hydrogen-bond donors (Lipinski definition) is 3. The zero-order valence-electron chi connectivity index (χ0n) is 12.8. The Hall–Kier alpha value is -2.29. The van der Waals surface area contributed by atoms with Gasteiger partial charge in [-0.15, -0.1) is 0 Å². The number of benzene rings is 2. The number of carbonyl (C=O) groups excluding carboxylic acids is 1. The van der Waals surface area contributed by atoms with Crippen LogP contribution in [-0.4, -0.2) is 27.4 Å². The molecule has 0 atom stereocenters. The Bertz CT molecular complexity index is 790. The van der Waals surface area contributed by atoms with Crippen molar-refractivity contribution in [3.63, 3.8) is 0 Å². The molecule has 6 nitrogen and oxygen atoms in total. The van der Waals surface area contributed by atoms with Gasteiger partial charge in [-0.3, -0.25) is 4.79 Å². The lowest BCUT2D eigenvalue weighted by Crippen LogP contribution is -2.29. The second kappa shape index (κ2) is 8.00. The van der Waals surface area contributed by atoms with Crippen LogP contribution in [0.5, 0.6) is 0 Å². The molecule has 0 unspecified atom stereocenters. The van der Waals surface area contributed by atoms with Crippen LogP contribution in [0.4, 0.5) is 10.1 Å². The molecule has 0 fully saturated rings. The predicted octanol–water partition coefficient (Wildman–Crippen LogP) is 1.24. The maximum absolute atomic E-state index is 12.8. The van der Waals surface area contributed by atoms with Crippen molar-refractivity contribution in [2.45, 2.75) is 11.3 Å². The molecule has 0 spiro atoms.